The van der Waals surface area contributed by atoms with Crippen LogP contribution in [-0.4, -0.2) is 108 Å². The smallest absolute Gasteiger partial charge is 0.234 e. The fourth-order valence-corrected chi connectivity index (χ4v) is 11.1. The molecule has 0 spiro atoms. The van der Waals surface area contributed by atoms with Crippen LogP contribution in [-0.2, 0) is 31.8 Å². The van der Waals surface area contributed by atoms with E-state index in [4.69, 9.17) is 9.72 Å². The molecule has 1 atom stereocenters. The summed E-state index contributed by atoms with van der Waals surface area (Å²) >= 11 is 3.60. The van der Waals surface area contributed by atoms with Crippen LogP contribution in [0.4, 0.5) is 37.6 Å². The van der Waals surface area contributed by atoms with Gasteiger partial charge in [0.2, 0.25) is 23.7 Å². The van der Waals surface area contributed by atoms with Gasteiger partial charge in [-0.25, -0.2) is 13.8 Å². The summed E-state index contributed by atoms with van der Waals surface area (Å²) in [5, 5.41) is 10.5. The number of hydrogen-bond donors (Lipinski definition) is 3. The van der Waals surface area contributed by atoms with Crippen molar-refractivity contribution in [2.45, 2.75) is 64.3 Å². The van der Waals surface area contributed by atoms with Crippen LogP contribution < -0.4 is 30.9 Å². The molecule has 3 aliphatic rings. The highest BCUT2D eigenvalue weighted by Crippen LogP contribution is 2.42. The molecule has 0 radical (unpaired) electrons. The highest BCUT2D eigenvalue weighted by atomic mass is 79.9. The van der Waals surface area contributed by atoms with E-state index in [1.54, 1.807) is 31.5 Å². The maximum Gasteiger partial charge on any atom is 0.234 e. The molecule has 0 unspecified atom stereocenters. The number of aromatic nitrogens is 3. The Bertz CT molecular complexity index is 2700. The summed E-state index contributed by atoms with van der Waals surface area (Å²) in [5.74, 6) is -2.74. The van der Waals surface area contributed by atoms with Crippen molar-refractivity contribution < 1.29 is 32.5 Å². The lowest BCUT2D eigenvalue weighted by molar-refractivity contribution is -0.135. The minimum absolute atomic E-state index is 0.00736. The molecule has 0 aliphatic carbocycles. The van der Waals surface area contributed by atoms with Gasteiger partial charge in [-0.15, -0.1) is 0 Å². The number of rotatable bonds is 12. The van der Waals surface area contributed by atoms with E-state index in [1.807, 2.05) is 31.2 Å². The van der Waals surface area contributed by atoms with Crippen LogP contribution >= 0.6 is 23.1 Å². The van der Waals surface area contributed by atoms with E-state index in [-0.39, 0.29) is 36.3 Å². The van der Waals surface area contributed by atoms with Crippen molar-refractivity contribution in [3.8, 4) is 5.75 Å². The molecule has 3 aliphatic heterocycles. The first-order valence-electron chi connectivity index (χ1n) is 21.9. The minimum atomic E-state index is -2.75. The van der Waals surface area contributed by atoms with Gasteiger partial charge in [-0.05, 0) is 109 Å². The quantitative estimate of drug-likeness (QED) is 0.0833. The number of anilines is 5. The predicted octanol–water partition coefficient (Wildman–Crippen LogP) is 7.56. The Labute approximate surface area is 385 Å². The number of halogens is 3. The van der Waals surface area contributed by atoms with Crippen LogP contribution in [0.3, 0.4) is 0 Å². The molecule has 5 aromatic rings. The molecule has 18 heteroatoms. The van der Waals surface area contributed by atoms with Crippen LogP contribution in [0.5, 0.6) is 5.75 Å². The Kier molecular flexibility index (Phi) is 13.6. The zero-order valence-corrected chi connectivity index (χ0v) is 39.6. The second-order valence-corrected chi connectivity index (χ2v) is 21.3. The van der Waals surface area contributed by atoms with Crippen LogP contribution in [0.1, 0.15) is 60.9 Å². The van der Waals surface area contributed by atoms with Gasteiger partial charge in [0.05, 0.1) is 40.8 Å². The van der Waals surface area contributed by atoms with Gasteiger partial charge in [0.15, 0.2) is 0 Å². The number of piperazine rings is 1. The number of nitrogens with one attached hydrogen (secondary N) is 3. The third-order valence-electron chi connectivity index (χ3n) is 12.6. The topological polar surface area (TPSA) is 162 Å². The number of benzene rings is 3. The summed E-state index contributed by atoms with van der Waals surface area (Å²) in [6.45, 7) is 11.7. The lowest BCUT2D eigenvalue weighted by Crippen LogP contribution is -2.54. The number of aryl methyl sites for hydroxylation is 2. The maximum absolute atomic E-state index is 15.1. The van der Waals surface area contributed by atoms with Crippen molar-refractivity contribution in [1.29, 1.82) is 0 Å². The number of amides is 3. The molecule has 3 fully saturated rings. The van der Waals surface area contributed by atoms with Crippen molar-refractivity contribution in [1.82, 2.24) is 30.1 Å². The number of carbonyl (C=O) groups excluding carboxylic acids is 3. The summed E-state index contributed by atoms with van der Waals surface area (Å²) in [5.41, 5.74) is 5.16. The number of carbonyl (C=O) groups is 3. The number of ether oxygens (including phenoxy) is 1. The van der Waals surface area contributed by atoms with Gasteiger partial charge in [-0.2, -0.15) is 4.98 Å². The van der Waals surface area contributed by atoms with Crippen molar-refractivity contribution in [3.63, 3.8) is 0 Å². The molecular formula is C47H53BrF2N9O5P. The van der Waals surface area contributed by atoms with Crippen molar-refractivity contribution in [2.24, 2.45) is 0 Å². The Morgan fingerprint density at radius 1 is 0.938 bits per heavy atom. The first-order valence-corrected chi connectivity index (χ1v) is 25.3. The lowest BCUT2D eigenvalue weighted by atomic mass is 9.89. The Morgan fingerprint density at radius 2 is 1.66 bits per heavy atom. The normalized spacial score (nSPS) is 17.6. The Balaban J connectivity index is 0.882. The van der Waals surface area contributed by atoms with Gasteiger partial charge < -0.3 is 29.7 Å². The predicted molar refractivity (Wildman–Crippen MR) is 253 cm³/mol. The van der Waals surface area contributed by atoms with Crippen molar-refractivity contribution in [2.75, 3.05) is 75.2 Å². The number of methoxy groups -OCH3 is 1. The van der Waals surface area contributed by atoms with E-state index in [9.17, 15) is 18.9 Å². The Hall–Kier alpha value is -5.51. The van der Waals surface area contributed by atoms with Gasteiger partial charge in [-0.1, -0.05) is 13.0 Å². The first-order chi connectivity index (χ1) is 31.1. The molecule has 0 saturated carbocycles. The summed E-state index contributed by atoms with van der Waals surface area (Å²) in [6, 6.07) is 14.5. The number of fused-ring (bicyclic) bond motifs is 1. The first kappa shape index (κ1) is 46.0. The number of hydrogen-bond acceptors (Lipinski definition) is 12. The molecular weight excluding hydrogens is 919 g/mol. The van der Waals surface area contributed by atoms with Crippen LogP contribution in [0.15, 0.2) is 59.2 Å². The third kappa shape index (κ3) is 10.0. The third-order valence-corrected chi connectivity index (χ3v) is 14.8. The molecule has 3 aromatic carbocycles. The van der Waals surface area contributed by atoms with Crippen LogP contribution in [0, 0.1) is 18.6 Å². The van der Waals surface area contributed by atoms with Gasteiger partial charge in [-0.3, -0.25) is 29.6 Å². The molecule has 0 bridgehead atoms. The molecule has 65 heavy (non-hydrogen) atoms. The van der Waals surface area contributed by atoms with Crippen LogP contribution in [0.25, 0.3) is 10.9 Å². The summed E-state index contributed by atoms with van der Waals surface area (Å²) in [4.78, 5) is 57.7. The molecule has 3 amide bonds. The number of imide groups is 1. The van der Waals surface area contributed by atoms with E-state index in [0.717, 1.165) is 78.0 Å². The summed E-state index contributed by atoms with van der Waals surface area (Å²) in [6.07, 6.45) is 4.23. The van der Waals surface area contributed by atoms with E-state index in [0.29, 0.717) is 65.2 Å². The largest absolute Gasteiger partial charge is 0.494 e. The molecule has 14 nitrogen and oxygen atoms in total. The van der Waals surface area contributed by atoms with Crippen molar-refractivity contribution in [3.05, 3.63) is 93.2 Å². The molecule has 3 saturated heterocycles. The highest BCUT2D eigenvalue weighted by molar-refractivity contribution is 9.10. The molecule has 342 valence electrons. The fraction of sp³-hybridized carbons (Fsp3) is 0.404. The zero-order chi connectivity index (χ0) is 46.2. The molecule has 3 N–H and O–H groups in total. The fourth-order valence-electron chi connectivity index (χ4n) is 9.33. The van der Waals surface area contributed by atoms with Gasteiger partial charge in [0.1, 0.15) is 30.3 Å². The lowest BCUT2D eigenvalue weighted by Gasteiger charge is -2.43. The van der Waals surface area contributed by atoms with Crippen LogP contribution in [0.2, 0.25) is 0 Å². The average molecular weight is 973 g/mol. The molecule has 2 aromatic heterocycles. The monoisotopic (exact) mass is 971 g/mol. The number of pyridine rings is 1. The van der Waals surface area contributed by atoms with E-state index in [2.05, 4.69) is 70.7 Å². The summed E-state index contributed by atoms with van der Waals surface area (Å²) in [7, 11) is -1.11. The Morgan fingerprint density at radius 3 is 2.32 bits per heavy atom. The average Bonchev–Trinajstić information content (AvgIpc) is 3.27. The second kappa shape index (κ2) is 19.1. The number of piperidine rings is 2. The van der Waals surface area contributed by atoms with Crippen molar-refractivity contribution >= 4 is 85.8 Å². The van der Waals surface area contributed by atoms with E-state index in [1.165, 1.54) is 0 Å². The van der Waals surface area contributed by atoms with E-state index < -0.39 is 36.5 Å². The van der Waals surface area contributed by atoms with Gasteiger partial charge in [0, 0.05) is 91.6 Å². The zero-order valence-electron chi connectivity index (χ0n) is 37.1. The highest BCUT2D eigenvalue weighted by Gasteiger charge is 2.34. The SMILES string of the molecule is CCc1cc(Nc2ncc(Br)c(Nc3ccc4nc(C)ccc4c3P(C)(C)=O)n2)c(OC)cc1N1CCC(N2CCN(C(=O)Cc3cc(F)c([C@H]4CCC(=O)NC4=O)c(F)c3)CC2)CC1. The molecule has 5 heterocycles. The van der Waals surface area contributed by atoms with Gasteiger partial charge in [0.25, 0.3) is 0 Å². The summed E-state index contributed by atoms with van der Waals surface area (Å²) < 4.78 is 50.4. The number of nitrogens with zero attached hydrogens (tertiary/aromatic N) is 6. The maximum atomic E-state index is 15.1. The standard InChI is InChI=1S/C47H53BrF2N9O5P/c1-6-29-24-38(54-47-51-26-33(48)45(56-47)53-37-11-10-36-31(8-7-27(2)52-36)44(37)65(4,5)63)40(64-3)25-39(29)58-15-13-30(14-16-58)57-17-19-59(20-18-57)42(61)23-28-21-34(49)43(35(50)22-28)32-9-12-41(60)55-46(32)62/h7-8,10-11,21-22,24-26,30,32H,6,9,12-20,23H2,1-5H3,(H,55,60,62)(H2,51,53,54,56)/t32-/m1/s1. The molecule has 8 rings (SSSR count). The van der Waals surface area contributed by atoms with Gasteiger partial charge >= 0.3 is 0 Å². The minimum Gasteiger partial charge on any atom is -0.494 e. The van der Waals surface area contributed by atoms with E-state index >= 15 is 8.78 Å². The second-order valence-electron chi connectivity index (χ2n) is 17.3.